The summed E-state index contributed by atoms with van der Waals surface area (Å²) in [6.45, 7) is 5.81. The first kappa shape index (κ1) is 18.4. The van der Waals surface area contributed by atoms with Crippen LogP contribution in [0.5, 0.6) is 0 Å². The third-order valence-corrected chi connectivity index (χ3v) is 6.23. The second-order valence-corrected chi connectivity index (χ2v) is 8.79. The third kappa shape index (κ3) is 3.44. The minimum Gasteiger partial charge on any atom is -0.271 e. The maximum absolute atomic E-state index is 12.8. The molecule has 0 aromatic heterocycles. The van der Waals surface area contributed by atoms with Crippen LogP contribution in [0, 0.1) is 5.92 Å². The molecule has 1 aliphatic rings. The Balaban J connectivity index is 1.78. The molecule has 0 atom stereocenters. The van der Waals surface area contributed by atoms with E-state index in [-0.39, 0.29) is 11.4 Å². The van der Waals surface area contributed by atoms with E-state index in [1.807, 2.05) is 19.1 Å². The Morgan fingerprint density at radius 1 is 1.19 bits per heavy atom. The summed E-state index contributed by atoms with van der Waals surface area (Å²) in [6, 6.07) is 10.5. The van der Waals surface area contributed by atoms with E-state index < -0.39 is 15.9 Å². The number of hydrogen-bond acceptors (Lipinski definition) is 4. The highest BCUT2D eigenvalue weighted by molar-refractivity contribution is 7.93. The fraction of sp³-hybridized carbons (Fsp3) is 0.368. The van der Waals surface area contributed by atoms with E-state index >= 15 is 0 Å². The lowest BCUT2D eigenvalue weighted by molar-refractivity contribution is -0.119. The smallest absolute Gasteiger partial charge is 0.265 e. The highest BCUT2D eigenvalue weighted by atomic mass is 32.2. The first-order chi connectivity index (χ1) is 12.3. The Morgan fingerprint density at radius 3 is 2.58 bits per heavy atom. The number of carbonyl (C=O) groups excluding carboxylic acids is 1. The molecule has 1 heterocycles. The van der Waals surface area contributed by atoms with Crippen LogP contribution in [0.4, 0.5) is 5.69 Å². The molecule has 0 saturated carbocycles. The van der Waals surface area contributed by atoms with Crippen LogP contribution in [-0.2, 0) is 14.8 Å². The monoisotopic (exact) mass is 373 g/mol. The molecule has 0 aliphatic carbocycles. The van der Waals surface area contributed by atoms with Gasteiger partial charge >= 0.3 is 0 Å². The molecule has 6 nitrogen and oxygen atoms in total. The van der Waals surface area contributed by atoms with Gasteiger partial charge in [-0.25, -0.2) is 13.8 Å². The molecule has 0 spiro atoms. The first-order valence-electron chi connectivity index (χ1n) is 8.67. The lowest BCUT2D eigenvalue weighted by Gasteiger charge is -2.17. The zero-order valence-corrected chi connectivity index (χ0v) is 16.0. The molecule has 2 aromatic rings. The van der Waals surface area contributed by atoms with Crippen molar-refractivity contribution in [3.63, 3.8) is 0 Å². The summed E-state index contributed by atoms with van der Waals surface area (Å²) >= 11 is 0. The molecule has 0 fully saturated rings. The van der Waals surface area contributed by atoms with Crippen molar-refractivity contribution in [1.82, 2.24) is 5.43 Å². The number of sulfonamides is 1. The highest BCUT2D eigenvalue weighted by Crippen LogP contribution is 2.41. The molecule has 1 amide bonds. The molecule has 3 rings (SSSR count). The molecule has 138 valence electrons. The van der Waals surface area contributed by atoms with Crippen molar-refractivity contribution in [3.05, 3.63) is 36.4 Å². The van der Waals surface area contributed by atoms with Gasteiger partial charge in [0.1, 0.15) is 6.54 Å². The predicted molar refractivity (Wildman–Crippen MR) is 104 cm³/mol. The summed E-state index contributed by atoms with van der Waals surface area (Å²) in [5, 5.41) is 5.59. The lowest BCUT2D eigenvalue weighted by atomic mass is 10.1. The maximum Gasteiger partial charge on any atom is 0.265 e. The molecule has 0 bridgehead atoms. The van der Waals surface area contributed by atoms with Crippen molar-refractivity contribution in [3.8, 4) is 0 Å². The largest absolute Gasteiger partial charge is 0.271 e. The lowest BCUT2D eigenvalue weighted by Crippen LogP contribution is -2.37. The highest BCUT2D eigenvalue weighted by Gasteiger charge is 2.36. The fourth-order valence-corrected chi connectivity index (χ4v) is 4.67. The number of amides is 1. The number of hydrazone groups is 1. The number of hydrogen-bond donors (Lipinski definition) is 1. The predicted octanol–water partition coefficient (Wildman–Crippen LogP) is 3.28. The summed E-state index contributed by atoms with van der Waals surface area (Å²) in [6.07, 6.45) is 1.79. The average molecular weight is 373 g/mol. The molecule has 1 N–H and O–H groups in total. The first-order valence-corrected chi connectivity index (χ1v) is 10.1. The van der Waals surface area contributed by atoms with Gasteiger partial charge in [0, 0.05) is 11.1 Å². The number of benzene rings is 2. The van der Waals surface area contributed by atoms with Crippen LogP contribution in [0.1, 0.15) is 33.6 Å². The molecule has 2 aromatic carbocycles. The molecule has 7 heteroatoms. The minimum atomic E-state index is -3.73. The summed E-state index contributed by atoms with van der Waals surface area (Å²) in [5.41, 5.74) is 3.83. The van der Waals surface area contributed by atoms with E-state index in [9.17, 15) is 13.2 Å². The van der Waals surface area contributed by atoms with E-state index in [1.54, 1.807) is 24.3 Å². The Bertz CT molecular complexity index is 975. The molecule has 0 saturated heterocycles. The van der Waals surface area contributed by atoms with Gasteiger partial charge in [-0.15, -0.1) is 0 Å². The molecule has 1 aliphatic heterocycles. The molecule has 0 radical (unpaired) electrons. The number of carbonyl (C=O) groups is 1. The Morgan fingerprint density at radius 2 is 1.88 bits per heavy atom. The Hall–Kier alpha value is -2.41. The standard InChI is InChI=1S/C19H23N3O3S/c1-13(2)10-11-14(3)20-21-18(23)12-22-16-8-4-6-15-7-5-9-17(19(15)16)26(22,24)25/h4-9,13H,10-12H2,1-3H3,(H,21,23)/b20-14-. The summed E-state index contributed by atoms with van der Waals surface area (Å²) in [5.74, 6) is 0.104. The number of nitrogens with one attached hydrogen (secondary N) is 1. The Labute approximate surface area is 153 Å². The molecular weight excluding hydrogens is 350 g/mol. The third-order valence-electron chi connectivity index (χ3n) is 4.42. The number of rotatable bonds is 6. The van der Waals surface area contributed by atoms with Crippen LogP contribution < -0.4 is 9.73 Å². The average Bonchev–Trinajstić information content (AvgIpc) is 2.82. The van der Waals surface area contributed by atoms with Gasteiger partial charge in [0.25, 0.3) is 15.9 Å². The van der Waals surface area contributed by atoms with E-state index in [1.165, 1.54) is 0 Å². The summed E-state index contributed by atoms with van der Waals surface area (Å²) in [4.78, 5) is 12.5. The van der Waals surface area contributed by atoms with Gasteiger partial charge in [-0.1, -0.05) is 38.1 Å². The summed E-state index contributed by atoms with van der Waals surface area (Å²) < 4.78 is 26.8. The molecular formula is C19H23N3O3S. The van der Waals surface area contributed by atoms with E-state index in [2.05, 4.69) is 24.4 Å². The van der Waals surface area contributed by atoms with Gasteiger partial charge in [-0.2, -0.15) is 5.10 Å². The van der Waals surface area contributed by atoms with Gasteiger partial charge in [-0.3, -0.25) is 9.10 Å². The number of anilines is 1. The van der Waals surface area contributed by atoms with Gasteiger partial charge in [0.15, 0.2) is 0 Å². The van der Waals surface area contributed by atoms with Crippen molar-refractivity contribution in [2.24, 2.45) is 11.0 Å². The Kier molecular flexibility index (Phi) is 5.00. The quantitative estimate of drug-likeness (QED) is 0.623. The molecule has 26 heavy (non-hydrogen) atoms. The van der Waals surface area contributed by atoms with Crippen molar-refractivity contribution in [2.45, 2.75) is 38.5 Å². The van der Waals surface area contributed by atoms with Crippen molar-refractivity contribution < 1.29 is 13.2 Å². The number of nitrogens with zero attached hydrogens (tertiary/aromatic N) is 2. The SMILES string of the molecule is C/C(CCC(C)C)=N/NC(=O)CN1c2cccc3cccc(c23)S1(=O)=O. The van der Waals surface area contributed by atoms with Crippen molar-refractivity contribution in [2.75, 3.05) is 10.8 Å². The van der Waals surface area contributed by atoms with Gasteiger partial charge in [-0.05, 0) is 43.2 Å². The van der Waals surface area contributed by atoms with Crippen LogP contribution in [-0.4, -0.2) is 26.6 Å². The fourth-order valence-electron chi connectivity index (χ4n) is 3.01. The maximum atomic E-state index is 12.8. The van der Waals surface area contributed by atoms with Crippen molar-refractivity contribution in [1.29, 1.82) is 0 Å². The van der Waals surface area contributed by atoms with Gasteiger partial charge in [0.2, 0.25) is 0 Å². The van der Waals surface area contributed by atoms with Gasteiger partial charge in [0.05, 0.1) is 10.6 Å². The van der Waals surface area contributed by atoms with E-state index in [0.717, 1.165) is 28.2 Å². The van der Waals surface area contributed by atoms with Crippen LogP contribution >= 0.6 is 0 Å². The topological polar surface area (TPSA) is 78.8 Å². The van der Waals surface area contributed by atoms with Gasteiger partial charge < -0.3 is 0 Å². The minimum absolute atomic E-state index is 0.245. The second-order valence-electron chi connectivity index (χ2n) is 6.96. The molecule has 0 unspecified atom stereocenters. The zero-order valence-electron chi connectivity index (χ0n) is 15.2. The van der Waals surface area contributed by atoms with Crippen LogP contribution in [0.3, 0.4) is 0 Å². The zero-order chi connectivity index (χ0) is 18.9. The summed E-state index contributed by atoms with van der Waals surface area (Å²) in [7, 11) is -3.73. The van der Waals surface area contributed by atoms with Crippen LogP contribution in [0.2, 0.25) is 0 Å². The van der Waals surface area contributed by atoms with Crippen LogP contribution in [0.15, 0.2) is 46.4 Å². The van der Waals surface area contributed by atoms with Crippen molar-refractivity contribution >= 4 is 38.1 Å². The second kappa shape index (κ2) is 7.07. The normalized spacial score (nSPS) is 15.7. The van der Waals surface area contributed by atoms with E-state index in [4.69, 9.17) is 0 Å². The van der Waals surface area contributed by atoms with E-state index in [0.29, 0.717) is 17.0 Å². The van der Waals surface area contributed by atoms with Crippen LogP contribution in [0.25, 0.3) is 10.8 Å².